The van der Waals surface area contributed by atoms with Gasteiger partial charge in [0.15, 0.2) is 0 Å². The SMILES string of the molecule is O=C(NCC1CSCCS1)NC1(C(=O)O)CCOCC1. The van der Waals surface area contributed by atoms with Gasteiger partial charge in [0.05, 0.1) is 0 Å². The molecule has 0 radical (unpaired) electrons. The number of rotatable bonds is 4. The first-order valence-corrected chi connectivity index (χ1v) is 8.89. The minimum absolute atomic E-state index is 0.309. The molecule has 2 rings (SSSR count). The fraction of sp³-hybridized carbons (Fsp3) is 0.833. The summed E-state index contributed by atoms with van der Waals surface area (Å²) in [6.07, 6.45) is 0.619. The topological polar surface area (TPSA) is 87.7 Å². The van der Waals surface area contributed by atoms with Gasteiger partial charge in [-0.25, -0.2) is 9.59 Å². The van der Waals surface area contributed by atoms with Crippen molar-refractivity contribution in [2.75, 3.05) is 37.0 Å². The highest BCUT2D eigenvalue weighted by atomic mass is 32.2. The van der Waals surface area contributed by atoms with Crippen molar-refractivity contribution < 1.29 is 19.4 Å². The van der Waals surface area contributed by atoms with Crippen molar-refractivity contribution in [3.8, 4) is 0 Å². The number of ether oxygens (including phenoxy) is 1. The van der Waals surface area contributed by atoms with Crippen LogP contribution in [0.3, 0.4) is 0 Å². The van der Waals surface area contributed by atoms with E-state index in [-0.39, 0.29) is 0 Å². The van der Waals surface area contributed by atoms with E-state index in [0.717, 1.165) is 17.3 Å². The molecule has 2 aliphatic heterocycles. The molecular formula is C12H20N2O4S2. The number of urea groups is 1. The third-order valence-electron chi connectivity index (χ3n) is 3.48. The van der Waals surface area contributed by atoms with Gasteiger partial charge in [0.2, 0.25) is 0 Å². The normalized spacial score (nSPS) is 25.7. The summed E-state index contributed by atoms with van der Waals surface area (Å²) in [5.41, 5.74) is -1.18. The van der Waals surface area contributed by atoms with Crippen molar-refractivity contribution in [3.63, 3.8) is 0 Å². The first-order valence-electron chi connectivity index (χ1n) is 6.69. The van der Waals surface area contributed by atoms with Crippen LogP contribution in [0.25, 0.3) is 0 Å². The number of hydrogen-bond donors (Lipinski definition) is 3. The van der Waals surface area contributed by atoms with Gasteiger partial charge in [-0.15, -0.1) is 0 Å². The monoisotopic (exact) mass is 320 g/mol. The van der Waals surface area contributed by atoms with Crippen LogP contribution < -0.4 is 10.6 Å². The van der Waals surface area contributed by atoms with E-state index >= 15 is 0 Å². The zero-order valence-electron chi connectivity index (χ0n) is 11.2. The molecule has 2 saturated heterocycles. The Bertz CT molecular complexity index is 355. The van der Waals surface area contributed by atoms with Crippen LogP contribution in [0.15, 0.2) is 0 Å². The summed E-state index contributed by atoms with van der Waals surface area (Å²) in [6.45, 7) is 1.30. The summed E-state index contributed by atoms with van der Waals surface area (Å²) in [5.74, 6) is 2.31. The van der Waals surface area contributed by atoms with Gasteiger partial charge in [-0.2, -0.15) is 23.5 Å². The zero-order chi connectivity index (χ0) is 14.4. The lowest BCUT2D eigenvalue weighted by Gasteiger charge is -2.34. The summed E-state index contributed by atoms with van der Waals surface area (Å²) in [6, 6.07) is -0.398. The van der Waals surface area contributed by atoms with Gasteiger partial charge in [-0.3, -0.25) is 0 Å². The molecule has 8 heteroatoms. The van der Waals surface area contributed by atoms with Gasteiger partial charge in [0.1, 0.15) is 5.54 Å². The second-order valence-electron chi connectivity index (χ2n) is 4.90. The van der Waals surface area contributed by atoms with Gasteiger partial charge >= 0.3 is 12.0 Å². The second-order valence-corrected chi connectivity index (χ2v) is 7.46. The third kappa shape index (κ3) is 4.20. The third-order valence-corrected chi connectivity index (χ3v) is 6.33. The first-order chi connectivity index (χ1) is 9.62. The molecule has 1 atom stereocenters. The number of carboxylic acids is 1. The Labute approximate surface area is 126 Å². The summed E-state index contributed by atoms with van der Waals surface area (Å²) in [4.78, 5) is 23.3. The van der Waals surface area contributed by atoms with Gasteiger partial charge < -0.3 is 20.5 Å². The minimum atomic E-state index is -1.18. The number of nitrogens with one attached hydrogen (secondary N) is 2. The average molecular weight is 320 g/mol. The van der Waals surface area contributed by atoms with Crippen LogP contribution in [0, 0.1) is 0 Å². The Hall–Kier alpha value is -0.600. The highest BCUT2D eigenvalue weighted by Gasteiger charge is 2.41. The van der Waals surface area contributed by atoms with Crippen LogP contribution in [-0.4, -0.2) is 64.9 Å². The molecule has 6 nitrogen and oxygen atoms in total. The molecule has 0 aliphatic carbocycles. The van der Waals surface area contributed by atoms with Crippen LogP contribution in [0.1, 0.15) is 12.8 Å². The highest BCUT2D eigenvalue weighted by Crippen LogP contribution is 2.23. The Morgan fingerprint density at radius 2 is 2.05 bits per heavy atom. The highest BCUT2D eigenvalue weighted by molar-refractivity contribution is 8.06. The molecular weight excluding hydrogens is 300 g/mol. The Morgan fingerprint density at radius 3 is 2.65 bits per heavy atom. The van der Waals surface area contributed by atoms with Crippen LogP contribution >= 0.6 is 23.5 Å². The van der Waals surface area contributed by atoms with E-state index in [9.17, 15) is 14.7 Å². The maximum absolute atomic E-state index is 11.9. The molecule has 2 heterocycles. The zero-order valence-corrected chi connectivity index (χ0v) is 12.9. The predicted octanol–water partition coefficient (Wildman–Crippen LogP) is 0.768. The second kappa shape index (κ2) is 7.42. The summed E-state index contributed by atoms with van der Waals surface area (Å²) in [5, 5.41) is 15.2. The van der Waals surface area contributed by atoms with Gasteiger partial charge in [-0.1, -0.05) is 0 Å². The van der Waals surface area contributed by atoms with E-state index in [1.165, 1.54) is 0 Å². The molecule has 2 amide bonds. The molecule has 1 unspecified atom stereocenters. The molecule has 0 aromatic carbocycles. The molecule has 0 aromatic heterocycles. The van der Waals surface area contributed by atoms with E-state index in [0.29, 0.717) is 37.9 Å². The smallest absolute Gasteiger partial charge is 0.329 e. The largest absolute Gasteiger partial charge is 0.480 e. The predicted molar refractivity (Wildman–Crippen MR) is 80.5 cm³/mol. The van der Waals surface area contributed by atoms with Crippen molar-refractivity contribution >= 4 is 35.5 Å². The summed E-state index contributed by atoms with van der Waals surface area (Å²) >= 11 is 3.75. The number of hydrogen-bond acceptors (Lipinski definition) is 5. The van der Waals surface area contributed by atoms with E-state index in [2.05, 4.69) is 10.6 Å². The number of thioether (sulfide) groups is 2. The Kier molecular flexibility index (Phi) is 5.86. The lowest BCUT2D eigenvalue weighted by atomic mass is 9.90. The molecule has 114 valence electrons. The van der Waals surface area contributed by atoms with Crippen LogP contribution in [0.2, 0.25) is 0 Å². The molecule has 2 aliphatic rings. The van der Waals surface area contributed by atoms with Crippen molar-refractivity contribution in [3.05, 3.63) is 0 Å². The number of carbonyl (C=O) groups is 2. The van der Waals surface area contributed by atoms with Crippen molar-refractivity contribution in [1.82, 2.24) is 10.6 Å². The Morgan fingerprint density at radius 1 is 1.30 bits per heavy atom. The number of aliphatic carboxylic acids is 1. The van der Waals surface area contributed by atoms with E-state index in [1.54, 1.807) is 0 Å². The molecule has 3 N–H and O–H groups in total. The maximum atomic E-state index is 11.9. The van der Waals surface area contributed by atoms with Crippen LogP contribution in [0.4, 0.5) is 4.79 Å². The lowest BCUT2D eigenvalue weighted by molar-refractivity contribution is -0.148. The molecule has 20 heavy (non-hydrogen) atoms. The fourth-order valence-corrected chi connectivity index (χ4v) is 4.85. The quantitative estimate of drug-likeness (QED) is 0.709. The van der Waals surface area contributed by atoms with Gasteiger partial charge in [0.25, 0.3) is 0 Å². The standard InChI is InChI=1S/C12H20N2O4S2/c15-10(16)12(1-3-18-4-2-12)14-11(17)13-7-9-8-19-5-6-20-9/h9H,1-8H2,(H,15,16)(H2,13,14,17). The molecule has 0 spiro atoms. The number of amides is 2. The maximum Gasteiger partial charge on any atom is 0.329 e. The first kappa shape index (κ1) is 15.8. The number of carbonyl (C=O) groups excluding carboxylic acids is 1. The number of carboxylic acid groups (broad SMARTS) is 1. The molecule has 2 fully saturated rings. The van der Waals surface area contributed by atoms with Crippen molar-refractivity contribution in [2.45, 2.75) is 23.6 Å². The van der Waals surface area contributed by atoms with Gasteiger partial charge in [0, 0.05) is 55.1 Å². The van der Waals surface area contributed by atoms with E-state index < -0.39 is 17.5 Å². The summed E-state index contributed by atoms with van der Waals surface area (Å²) < 4.78 is 5.17. The lowest BCUT2D eigenvalue weighted by Crippen LogP contribution is -2.60. The van der Waals surface area contributed by atoms with Gasteiger partial charge in [-0.05, 0) is 0 Å². The molecule has 0 saturated carbocycles. The van der Waals surface area contributed by atoms with E-state index in [4.69, 9.17) is 4.74 Å². The van der Waals surface area contributed by atoms with E-state index in [1.807, 2.05) is 23.5 Å². The van der Waals surface area contributed by atoms with Crippen LogP contribution in [0.5, 0.6) is 0 Å². The summed E-state index contributed by atoms with van der Waals surface area (Å²) in [7, 11) is 0. The van der Waals surface area contributed by atoms with Crippen molar-refractivity contribution in [1.29, 1.82) is 0 Å². The van der Waals surface area contributed by atoms with Crippen LogP contribution in [-0.2, 0) is 9.53 Å². The molecule has 0 aromatic rings. The minimum Gasteiger partial charge on any atom is -0.480 e. The Balaban J connectivity index is 1.80. The molecule has 0 bridgehead atoms. The fourth-order valence-electron chi connectivity index (χ4n) is 2.23. The average Bonchev–Trinajstić information content (AvgIpc) is 2.47. The van der Waals surface area contributed by atoms with Crippen molar-refractivity contribution in [2.24, 2.45) is 0 Å².